The van der Waals surface area contributed by atoms with E-state index in [0.717, 1.165) is 26.2 Å². The normalized spacial score (nSPS) is 22.9. The van der Waals surface area contributed by atoms with Gasteiger partial charge in [0.1, 0.15) is 0 Å². The molecule has 1 saturated carbocycles. The van der Waals surface area contributed by atoms with Gasteiger partial charge in [-0.15, -0.1) is 0 Å². The van der Waals surface area contributed by atoms with Crippen molar-refractivity contribution in [3.8, 4) is 6.07 Å². The fraction of sp³-hybridized carbons (Fsp3) is 0.875. The number of morpholine rings is 1. The summed E-state index contributed by atoms with van der Waals surface area (Å²) < 4.78 is 5.78. The van der Waals surface area contributed by atoms with Gasteiger partial charge in [0.05, 0.1) is 24.2 Å². The van der Waals surface area contributed by atoms with Gasteiger partial charge in [-0.2, -0.15) is 5.26 Å². The summed E-state index contributed by atoms with van der Waals surface area (Å²) in [6, 6.07) is 2.13. The zero-order valence-corrected chi connectivity index (χ0v) is 14.0. The third-order valence-corrected chi connectivity index (χ3v) is 4.21. The number of nitrogens with one attached hydrogen (secondary N) is 1. The SMILES string of the molecule is CN1CCOC(CN(CC2CC2)C(=O)NCC(C)(C)C#N)C1. The molecule has 2 fully saturated rings. The summed E-state index contributed by atoms with van der Waals surface area (Å²) in [5, 5.41) is 12.0. The van der Waals surface area contributed by atoms with E-state index in [4.69, 9.17) is 10.00 Å². The minimum absolute atomic E-state index is 0.0761. The summed E-state index contributed by atoms with van der Waals surface area (Å²) in [5.41, 5.74) is -0.539. The Kier molecular flexibility index (Phi) is 5.65. The average Bonchev–Trinajstić information content (AvgIpc) is 3.28. The Balaban J connectivity index is 1.87. The predicted octanol–water partition coefficient (Wildman–Crippen LogP) is 1.29. The van der Waals surface area contributed by atoms with E-state index in [1.165, 1.54) is 12.8 Å². The number of hydrogen-bond acceptors (Lipinski definition) is 4. The van der Waals surface area contributed by atoms with Gasteiger partial charge in [0, 0.05) is 32.7 Å². The second-order valence-electron chi connectivity index (χ2n) is 7.26. The van der Waals surface area contributed by atoms with Crippen LogP contribution in [0.1, 0.15) is 26.7 Å². The molecule has 1 unspecified atom stereocenters. The number of nitrogens with zero attached hydrogens (tertiary/aromatic N) is 3. The number of rotatable bonds is 6. The second-order valence-corrected chi connectivity index (χ2v) is 7.26. The van der Waals surface area contributed by atoms with Gasteiger partial charge in [-0.05, 0) is 39.7 Å². The van der Waals surface area contributed by atoms with E-state index >= 15 is 0 Å². The van der Waals surface area contributed by atoms with Gasteiger partial charge < -0.3 is 19.9 Å². The number of carbonyl (C=O) groups is 1. The molecule has 2 aliphatic rings. The van der Waals surface area contributed by atoms with Crippen molar-refractivity contribution in [1.29, 1.82) is 5.26 Å². The number of nitriles is 1. The molecule has 0 aromatic heterocycles. The van der Waals surface area contributed by atoms with E-state index in [2.05, 4.69) is 23.3 Å². The monoisotopic (exact) mass is 308 g/mol. The van der Waals surface area contributed by atoms with E-state index in [9.17, 15) is 4.79 Å². The summed E-state index contributed by atoms with van der Waals surface area (Å²) >= 11 is 0. The first-order chi connectivity index (χ1) is 10.4. The van der Waals surface area contributed by atoms with E-state index in [1.54, 1.807) is 0 Å². The summed E-state index contributed by atoms with van der Waals surface area (Å²) in [6.45, 7) is 7.98. The Bertz CT molecular complexity index is 428. The molecule has 1 aliphatic carbocycles. The van der Waals surface area contributed by atoms with Crippen molar-refractivity contribution < 1.29 is 9.53 Å². The average molecular weight is 308 g/mol. The van der Waals surface area contributed by atoms with Crippen molar-refractivity contribution >= 4 is 6.03 Å². The van der Waals surface area contributed by atoms with Gasteiger partial charge in [-0.3, -0.25) is 0 Å². The summed E-state index contributed by atoms with van der Waals surface area (Å²) in [6.07, 6.45) is 2.49. The lowest BCUT2D eigenvalue weighted by Crippen LogP contribution is -2.51. The maximum atomic E-state index is 12.5. The maximum Gasteiger partial charge on any atom is 0.317 e. The third-order valence-electron chi connectivity index (χ3n) is 4.21. The second kappa shape index (κ2) is 7.30. The van der Waals surface area contributed by atoms with E-state index in [0.29, 0.717) is 19.0 Å². The van der Waals surface area contributed by atoms with E-state index in [-0.39, 0.29) is 12.1 Å². The summed E-state index contributed by atoms with van der Waals surface area (Å²) in [4.78, 5) is 16.6. The molecule has 1 atom stereocenters. The highest BCUT2D eigenvalue weighted by Gasteiger charge is 2.30. The predicted molar refractivity (Wildman–Crippen MR) is 84.3 cm³/mol. The van der Waals surface area contributed by atoms with Gasteiger partial charge >= 0.3 is 6.03 Å². The molecule has 0 spiro atoms. The lowest BCUT2D eigenvalue weighted by molar-refractivity contribution is -0.0309. The molecule has 1 N–H and O–H groups in total. The first kappa shape index (κ1) is 17.0. The van der Waals surface area contributed by atoms with Crippen LogP contribution in [0.4, 0.5) is 4.79 Å². The minimum atomic E-state index is -0.539. The van der Waals surface area contributed by atoms with E-state index < -0.39 is 5.41 Å². The summed E-state index contributed by atoms with van der Waals surface area (Å²) in [5.74, 6) is 0.635. The topological polar surface area (TPSA) is 68.6 Å². The van der Waals surface area contributed by atoms with Crippen molar-refractivity contribution in [3.63, 3.8) is 0 Å². The quantitative estimate of drug-likeness (QED) is 0.803. The van der Waals surface area contributed by atoms with Gasteiger partial charge in [-0.25, -0.2) is 4.79 Å². The Morgan fingerprint density at radius 2 is 2.18 bits per heavy atom. The molecule has 124 valence electrons. The van der Waals surface area contributed by atoms with Crippen molar-refractivity contribution in [2.24, 2.45) is 11.3 Å². The molecule has 22 heavy (non-hydrogen) atoms. The largest absolute Gasteiger partial charge is 0.374 e. The molecule has 0 aromatic carbocycles. The van der Waals surface area contributed by atoms with Crippen LogP contribution >= 0.6 is 0 Å². The molecule has 1 aliphatic heterocycles. The number of urea groups is 1. The Morgan fingerprint density at radius 1 is 1.45 bits per heavy atom. The number of hydrogen-bond donors (Lipinski definition) is 1. The Labute approximate surface area is 133 Å². The molecule has 6 heteroatoms. The standard InChI is InChI=1S/C16H28N4O2/c1-16(2,11-17)12-18-15(21)20(8-13-4-5-13)10-14-9-19(3)6-7-22-14/h13-14H,4-10,12H2,1-3H3,(H,18,21). The van der Waals surface area contributed by atoms with E-state index in [1.807, 2.05) is 18.7 Å². The highest BCUT2D eigenvalue weighted by Crippen LogP contribution is 2.30. The fourth-order valence-electron chi connectivity index (χ4n) is 2.52. The molecular weight excluding hydrogens is 280 g/mol. The summed E-state index contributed by atoms with van der Waals surface area (Å²) in [7, 11) is 2.08. The molecule has 1 heterocycles. The maximum absolute atomic E-state index is 12.5. The van der Waals surface area contributed by atoms with Crippen LogP contribution in [0, 0.1) is 22.7 Å². The van der Waals surface area contributed by atoms with Crippen LogP contribution in [0.25, 0.3) is 0 Å². The third kappa shape index (κ3) is 5.47. The lowest BCUT2D eigenvalue weighted by Gasteiger charge is -2.34. The molecular formula is C16H28N4O2. The number of amides is 2. The van der Waals surface area contributed by atoms with Crippen molar-refractivity contribution in [2.45, 2.75) is 32.8 Å². The van der Waals surface area contributed by atoms with Gasteiger partial charge in [-0.1, -0.05) is 0 Å². The molecule has 2 rings (SSSR count). The zero-order valence-electron chi connectivity index (χ0n) is 14.0. The molecule has 2 amide bonds. The molecule has 1 saturated heterocycles. The fourth-order valence-corrected chi connectivity index (χ4v) is 2.52. The zero-order chi connectivity index (χ0) is 16.2. The van der Waals surface area contributed by atoms with Crippen molar-refractivity contribution in [1.82, 2.24) is 15.1 Å². The van der Waals surface area contributed by atoms with Gasteiger partial charge in [0.25, 0.3) is 0 Å². The van der Waals surface area contributed by atoms with Crippen LogP contribution in [-0.2, 0) is 4.74 Å². The lowest BCUT2D eigenvalue weighted by atomic mass is 9.96. The first-order valence-corrected chi connectivity index (χ1v) is 8.14. The molecule has 0 radical (unpaired) electrons. The van der Waals surface area contributed by atoms with Gasteiger partial charge in [0.2, 0.25) is 0 Å². The number of ether oxygens (including phenoxy) is 1. The van der Waals surface area contributed by atoms with Crippen molar-refractivity contribution in [2.75, 3.05) is 46.4 Å². The number of likely N-dealkylation sites (N-methyl/N-ethyl adjacent to an activating group) is 1. The van der Waals surface area contributed by atoms with Crippen molar-refractivity contribution in [3.05, 3.63) is 0 Å². The highest BCUT2D eigenvalue weighted by atomic mass is 16.5. The van der Waals surface area contributed by atoms with Gasteiger partial charge in [0.15, 0.2) is 0 Å². The minimum Gasteiger partial charge on any atom is -0.374 e. The Morgan fingerprint density at radius 3 is 2.77 bits per heavy atom. The molecule has 0 aromatic rings. The molecule has 0 bridgehead atoms. The first-order valence-electron chi connectivity index (χ1n) is 8.14. The van der Waals surface area contributed by atoms with Crippen LogP contribution in [0.2, 0.25) is 0 Å². The smallest absolute Gasteiger partial charge is 0.317 e. The van der Waals surface area contributed by atoms with Crippen LogP contribution in [0.15, 0.2) is 0 Å². The van der Waals surface area contributed by atoms with Crippen LogP contribution in [0.3, 0.4) is 0 Å². The van der Waals surface area contributed by atoms with Crippen LogP contribution < -0.4 is 5.32 Å². The highest BCUT2D eigenvalue weighted by molar-refractivity contribution is 5.74. The molecule has 6 nitrogen and oxygen atoms in total. The van der Waals surface area contributed by atoms with Crippen LogP contribution in [0.5, 0.6) is 0 Å². The number of carbonyl (C=O) groups excluding carboxylic acids is 1. The van der Waals surface area contributed by atoms with Crippen LogP contribution in [-0.4, -0.2) is 68.3 Å². The Hall–Kier alpha value is -1.32.